The second-order valence-corrected chi connectivity index (χ2v) is 7.78. The molecule has 2 atom stereocenters. The van der Waals surface area contributed by atoms with Gasteiger partial charge in [-0.15, -0.1) is 11.3 Å². The number of hydrogen-bond donors (Lipinski definition) is 0. The first-order valence-electron chi connectivity index (χ1n) is 9.60. The van der Waals surface area contributed by atoms with Crippen LogP contribution in [0.15, 0.2) is 60.2 Å². The first-order valence-corrected chi connectivity index (χ1v) is 10.5. The van der Waals surface area contributed by atoms with Gasteiger partial charge in [-0.05, 0) is 43.7 Å². The number of rotatable bonds is 7. The predicted octanol–water partition coefficient (Wildman–Crippen LogP) is 4.38. The summed E-state index contributed by atoms with van der Waals surface area (Å²) in [5.41, 5.74) is 1.97. The van der Waals surface area contributed by atoms with Crippen LogP contribution in [-0.4, -0.2) is 40.3 Å². The average molecular weight is 394 g/mol. The predicted molar refractivity (Wildman–Crippen MR) is 110 cm³/mol. The van der Waals surface area contributed by atoms with Crippen molar-refractivity contribution in [2.45, 2.75) is 31.3 Å². The maximum atomic E-state index is 11.9. The minimum Gasteiger partial charge on any atom is -0.491 e. The molecule has 2 unspecified atom stereocenters. The summed E-state index contributed by atoms with van der Waals surface area (Å²) in [4.78, 5) is 23.2. The number of carbonyl (C=O) groups is 1. The van der Waals surface area contributed by atoms with Crippen molar-refractivity contribution in [3.8, 4) is 17.0 Å². The molecule has 0 saturated carbocycles. The van der Waals surface area contributed by atoms with E-state index in [4.69, 9.17) is 9.72 Å². The SMILES string of the molecule is O=CC(COc1ccccc1)N1CCCCC1c1nc(-c2cccnc2)cs1. The van der Waals surface area contributed by atoms with Crippen molar-refractivity contribution >= 4 is 17.6 Å². The molecule has 1 aliphatic rings. The van der Waals surface area contributed by atoms with E-state index in [0.29, 0.717) is 6.61 Å². The molecule has 0 spiro atoms. The highest BCUT2D eigenvalue weighted by Gasteiger charge is 2.32. The molecule has 1 aromatic carbocycles. The summed E-state index contributed by atoms with van der Waals surface area (Å²) in [7, 11) is 0. The summed E-state index contributed by atoms with van der Waals surface area (Å²) < 4.78 is 5.87. The van der Waals surface area contributed by atoms with Crippen LogP contribution >= 0.6 is 11.3 Å². The second-order valence-electron chi connectivity index (χ2n) is 6.89. The Hall–Kier alpha value is -2.57. The third-order valence-electron chi connectivity index (χ3n) is 5.06. The number of aldehydes is 1. The topological polar surface area (TPSA) is 55.3 Å². The van der Waals surface area contributed by atoms with Crippen LogP contribution in [0.25, 0.3) is 11.3 Å². The molecule has 0 amide bonds. The molecule has 3 aromatic rings. The number of piperidine rings is 1. The van der Waals surface area contributed by atoms with Crippen molar-refractivity contribution in [2.24, 2.45) is 0 Å². The van der Waals surface area contributed by atoms with Gasteiger partial charge in [-0.1, -0.05) is 24.6 Å². The monoisotopic (exact) mass is 393 g/mol. The fourth-order valence-electron chi connectivity index (χ4n) is 3.62. The number of benzene rings is 1. The standard InChI is InChI=1S/C22H23N3O2S/c26-14-18(15-27-19-8-2-1-3-9-19)25-12-5-4-10-21(25)22-24-20(16-28-22)17-7-6-11-23-13-17/h1-3,6-9,11,13-14,16,18,21H,4-5,10,12,15H2. The molecular weight excluding hydrogens is 370 g/mol. The van der Waals surface area contributed by atoms with E-state index in [2.05, 4.69) is 15.3 Å². The Labute approximate surface area is 169 Å². The van der Waals surface area contributed by atoms with Gasteiger partial charge in [-0.3, -0.25) is 9.88 Å². The van der Waals surface area contributed by atoms with E-state index >= 15 is 0 Å². The molecule has 0 radical (unpaired) electrons. The maximum absolute atomic E-state index is 11.9. The second kappa shape index (κ2) is 9.08. The molecule has 4 rings (SSSR count). The van der Waals surface area contributed by atoms with Gasteiger partial charge >= 0.3 is 0 Å². The van der Waals surface area contributed by atoms with E-state index in [1.54, 1.807) is 17.5 Å². The molecule has 1 saturated heterocycles. The summed E-state index contributed by atoms with van der Waals surface area (Å²) in [6.45, 7) is 1.23. The van der Waals surface area contributed by atoms with Gasteiger partial charge in [-0.25, -0.2) is 4.98 Å². The zero-order chi connectivity index (χ0) is 19.2. The molecule has 1 fully saturated rings. The minimum atomic E-state index is -0.281. The Morgan fingerprint density at radius 3 is 2.89 bits per heavy atom. The maximum Gasteiger partial charge on any atom is 0.140 e. The van der Waals surface area contributed by atoms with E-state index < -0.39 is 0 Å². The lowest BCUT2D eigenvalue weighted by atomic mass is 10.0. The molecule has 1 aliphatic heterocycles. The van der Waals surface area contributed by atoms with Gasteiger partial charge in [0.15, 0.2) is 0 Å². The summed E-state index contributed by atoms with van der Waals surface area (Å²) in [6, 6.07) is 13.5. The van der Waals surface area contributed by atoms with Crippen LogP contribution in [0, 0.1) is 0 Å². The van der Waals surface area contributed by atoms with Gasteiger partial charge in [0, 0.05) is 23.3 Å². The Kier molecular flexibility index (Phi) is 6.09. The van der Waals surface area contributed by atoms with Crippen molar-refractivity contribution in [1.29, 1.82) is 0 Å². The van der Waals surface area contributed by atoms with Gasteiger partial charge in [0.25, 0.3) is 0 Å². The molecule has 2 aromatic heterocycles. The van der Waals surface area contributed by atoms with Crippen LogP contribution in [0.5, 0.6) is 5.75 Å². The van der Waals surface area contributed by atoms with Crippen LogP contribution in [0.2, 0.25) is 0 Å². The average Bonchev–Trinajstić information content (AvgIpc) is 3.26. The summed E-state index contributed by atoms with van der Waals surface area (Å²) in [6.07, 6.45) is 7.86. The van der Waals surface area contributed by atoms with Crippen LogP contribution in [0.3, 0.4) is 0 Å². The van der Waals surface area contributed by atoms with E-state index in [0.717, 1.165) is 54.1 Å². The Bertz CT molecular complexity index is 885. The number of hydrogen-bond acceptors (Lipinski definition) is 6. The van der Waals surface area contributed by atoms with Crippen molar-refractivity contribution < 1.29 is 9.53 Å². The molecule has 28 heavy (non-hydrogen) atoms. The molecule has 5 nitrogen and oxygen atoms in total. The van der Waals surface area contributed by atoms with Crippen LogP contribution in [0.1, 0.15) is 30.3 Å². The Morgan fingerprint density at radius 2 is 2.11 bits per heavy atom. The van der Waals surface area contributed by atoms with Crippen molar-refractivity contribution in [1.82, 2.24) is 14.9 Å². The van der Waals surface area contributed by atoms with Crippen LogP contribution in [-0.2, 0) is 4.79 Å². The molecule has 6 heteroatoms. The lowest BCUT2D eigenvalue weighted by Crippen LogP contribution is -2.45. The summed E-state index contributed by atoms with van der Waals surface area (Å²) in [5, 5.41) is 3.14. The van der Waals surface area contributed by atoms with Crippen molar-refractivity contribution in [3.05, 3.63) is 65.2 Å². The number of pyridine rings is 1. The van der Waals surface area contributed by atoms with Gasteiger partial charge in [0.2, 0.25) is 0 Å². The molecular formula is C22H23N3O2S. The number of para-hydroxylation sites is 1. The van der Waals surface area contributed by atoms with E-state index in [9.17, 15) is 4.79 Å². The summed E-state index contributed by atoms with van der Waals surface area (Å²) >= 11 is 1.66. The Balaban J connectivity index is 1.50. The normalized spacial score (nSPS) is 18.5. The lowest BCUT2D eigenvalue weighted by Gasteiger charge is -2.37. The molecule has 144 valence electrons. The summed E-state index contributed by atoms with van der Waals surface area (Å²) in [5.74, 6) is 0.788. The largest absolute Gasteiger partial charge is 0.491 e. The van der Waals surface area contributed by atoms with Crippen molar-refractivity contribution in [3.63, 3.8) is 0 Å². The first kappa shape index (κ1) is 18.8. The zero-order valence-corrected chi connectivity index (χ0v) is 16.4. The fraction of sp³-hybridized carbons (Fsp3) is 0.318. The highest BCUT2D eigenvalue weighted by Crippen LogP contribution is 2.35. The number of thiazole rings is 1. The highest BCUT2D eigenvalue weighted by atomic mass is 32.1. The third kappa shape index (κ3) is 4.29. The highest BCUT2D eigenvalue weighted by molar-refractivity contribution is 7.10. The van der Waals surface area contributed by atoms with Gasteiger partial charge in [-0.2, -0.15) is 0 Å². The van der Waals surface area contributed by atoms with Crippen LogP contribution < -0.4 is 4.74 Å². The van der Waals surface area contributed by atoms with Gasteiger partial charge < -0.3 is 9.53 Å². The lowest BCUT2D eigenvalue weighted by molar-refractivity contribution is -0.115. The molecule has 0 aliphatic carbocycles. The fourth-order valence-corrected chi connectivity index (χ4v) is 4.60. The number of aromatic nitrogens is 2. The van der Waals surface area contributed by atoms with Crippen molar-refractivity contribution in [2.75, 3.05) is 13.2 Å². The Morgan fingerprint density at radius 1 is 1.21 bits per heavy atom. The smallest absolute Gasteiger partial charge is 0.140 e. The minimum absolute atomic E-state index is 0.152. The number of likely N-dealkylation sites (tertiary alicyclic amines) is 1. The quantitative estimate of drug-likeness (QED) is 0.558. The zero-order valence-electron chi connectivity index (χ0n) is 15.6. The van der Waals surface area contributed by atoms with Crippen LogP contribution in [0.4, 0.5) is 0 Å². The first-order chi connectivity index (χ1) is 13.8. The van der Waals surface area contributed by atoms with Gasteiger partial charge in [0.05, 0.1) is 11.7 Å². The van der Waals surface area contributed by atoms with E-state index in [1.165, 1.54) is 0 Å². The van der Waals surface area contributed by atoms with E-state index in [-0.39, 0.29) is 12.1 Å². The number of carbonyl (C=O) groups excluding carboxylic acids is 1. The number of ether oxygens (including phenoxy) is 1. The van der Waals surface area contributed by atoms with Gasteiger partial charge in [0.1, 0.15) is 29.7 Å². The third-order valence-corrected chi connectivity index (χ3v) is 6.00. The molecule has 3 heterocycles. The molecule has 0 bridgehead atoms. The number of nitrogens with zero attached hydrogens (tertiary/aromatic N) is 3. The van der Waals surface area contributed by atoms with E-state index in [1.807, 2.05) is 48.7 Å². The molecule has 0 N–H and O–H groups in total.